The number of aryl methyl sites for hydroxylation is 1. The summed E-state index contributed by atoms with van der Waals surface area (Å²) in [7, 11) is 0. The van der Waals surface area contributed by atoms with Crippen LogP contribution >= 0.6 is 0 Å². The Kier molecular flexibility index (Phi) is 5.60. The number of nitrogens with zero attached hydrogens (tertiary/aromatic N) is 3. The van der Waals surface area contributed by atoms with Gasteiger partial charge in [0.15, 0.2) is 0 Å². The van der Waals surface area contributed by atoms with Gasteiger partial charge in [-0.2, -0.15) is 5.26 Å². The maximum atomic E-state index is 12.9. The summed E-state index contributed by atoms with van der Waals surface area (Å²) in [6.07, 6.45) is 0. The lowest BCUT2D eigenvalue weighted by atomic mass is 9.86. The minimum atomic E-state index is -0.305. The van der Waals surface area contributed by atoms with Crippen LogP contribution < -0.4 is 10.6 Å². The van der Waals surface area contributed by atoms with Crippen LogP contribution in [0.3, 0.4) is 0 Å². The van der Waals surface area contributed by atoms with Crippen LogP contribution in [0.5, 0.6) is 0 Å². The number of carbonyl (C=O) groups is 1. The molecule has 2 N–H and O–H groups in total. The summed E-state index contributed by atoms with van der Waals surface area (Å²) in [5, 5.41) is 15.1. The first-order chi connectivity index (χ1) is 13.8. The fourth-order valence-corrected chi connectivity index (χ4v) is 2.97. The van der Waals surface area contributed by atoms with Crippen molar-refractivity contribution in [3.05, 3.63) is 77.1 Å². The topological polar surface area (TPSA) is 90.7 Å². The minimum absolute atomic E-state index is 0.107. The molecule has 0 saturated heterocycles. The Morgan fingerprint density at radius 1 is 1.03 bits per heavy atom. The van der Waals surface area contributed by atoms with E-state index in [9.17, 15) is 4.79 Å². The van der Waals surface area contributed by atoms with Crippen LogP contribution in [-0.4, -0.2) is 15.9 Å². The molecule has 6 nitrogen and oxygen atoms in total. The molecule has 0 aliphatic carbocycles. The van der Waals surface area contributed by atoms with Crippen molar-refractivity contribution in [1.29, 1.82) is 5.26 Å². The van der Waals surface area contributed by atoms with Crippen LogP contribution in [-0.2, 0) is 5.41 Å². The van der Waals surface area contributed by atoms with E-state index < -0.39 is 0 Å². The van der Waals surface area contributed by atoms with Gasteiger partial charge in [0, 0.05) is 17.1 Å². The number of hydrogen-bond donors (Lipinski definition) is 2. The van der Waals surface area contributed by atoms with Gasteiger partial charge in [-0.05, 0) is 48.2 Å². The second-order valence-corrected chi connectivity index (χ2v) is 7.79. The number of amides is 1. The molecule has 146 valence electrons. The lowest BCUT2D eigenvalue weighted by Crippen LogP contribution is -2.20. The zero-order valence-corrected chi connectivity index (χ0v) is 16.9. The minimum Gasteiger partial charge on any atom is -0.324 e. The molecule has 0 unspecified atom stereocenters. The summed E-state index contributed by atoms with van der Waals surface area (Å²) in [4.78, 5) is 21.6. The lowest BCUT2D eigenvalue weighted by molar-refractivity contribution is 0.102. The molecular formula is C23H23N5O. The Morgan fingerprint density at radius 3 is 2.52 bits per heavy atom. The molecular weight excluding hydrogens is 362 g/mol. The summed E-state index contributed by atoms with van der Waals surface area (Å²) in [6, 6.07) is 18.5. The maximum Gasteiger partial charge on any atom is 0.274 e. The van der Waals surface area contributed by atoms with E-state index in [0.717, 1.165) is 11.3 Å². The van der Waals surface area contributed by atoms with Crippen LogP contribution in [0.2, 0.25) is 0 Å². The number of benzene rings is 2. The zero-order valence-electron chi connectivity index (χ0n) is 16.9. The van der Waals surface area contributed by atoms with Gasteiger partial charge in [-0.15, -0.1) is 0 Å². The normalized spacial score (nSPS) is 10.9. The zero-order chi connectivity index (χ0) is 21.0. The number of anilines is 3. The van der Waals surface area contributed by atoms with Crippen molar-refractivity contribution < 1.29 is 4.79 Å². The van der Waals surface area contributed by atoms with Crippen molar-refractivity contribution in [3.63, 3.8) is 0 Å². The number of para-hydroxylation sites is 1. The van der Waals surface area contributed by atoms with Gasteiger partial charge in [0.2, 0.25) is 5.95 Å². The van der Waals surface area contributed by atoms with Gasteiger partial charge < -0.3 is 10.6 Å². The van der Waals surface area contributed by atoms with Gasteiger partial charge in [-0.25, -0.2) is 9.97 Å². The summed E-state index contributed by atoms with van der Waals surface area (Å²) in [5.74, 6) is -0.00429. The van der Waals surface area contributed by atoms with Crippen LogP contribution in [0.25, 0.3) is 0 Å². The summed E-state index contributed by atoms with van der Waals surface area (Å²) in [6.45, 7) is 8.11. The van der Waals surface area contributed by atoms with Gasteiger partial charge in [0.1, 0.15) is 5.69 Å². The van der Waals surface area contributed by atoms with E-state index in [1.165, 1.54) is 0 Å². The SMILES string of the molecule is Cc1cc(C(=O)Nc2ccccc2C(C)(C)C)nc(Nc2cccc(C#N)c2)n1. The molecule has 0 saturated carbocycles. The Morgan fingerprint density at radius 2 is 1.79 bits per heavy atom. The Bertz CT molecular complexity index is 1090. The molecule has 1 heterocycles. The molecule has 3 rings (SSSR count). The molecule has 1 aromatic heterocycles. The third-order valence-electron chi connectivity index (χ3n) is 4.32. The van der Waals surface area contributed by atoms with Crippen LogP contribution in [0, 0.1) is 18.3 Å². The highest BCUT2D eigenvalue weighted by Crippen LogP contribution is 2.29. The standard InChI is InChI=1S/C23H23N5O/c1-15-12-20(21(29)27-19-11-6-5-10-18(19)23(2,3)4)28-22(25-15)26-17-9-7-8-16(13-17)14-24/h5-13H,1-4H3,(H,27,29)(H,25,26,28). The molecule has 0 bridgehead atoms. The molecule has 2 aromatic carbocycles. The van der Waals surface area contributed by atoms with Gasteiger partial charge in [-0.3, -0.25) is 4.79 Å². The quantitative estimate of drug-likeness (QED) is 0.663. The molecule has 0 radical (unpaired) electrons. The van der Waals surface area contributed by atoms with E-state index in [-0.39, 0.29) is 17.0 Å². The molecule has 3 aromatic rings. The number of aromatic nitrogens is 2. The number of nitrogens with one attached hydrogen (secondary N) is 2. The lowest BCUT2D eigenvalue weighted by Gasteiger charge is -2.23. The van der Waals surface area contributed by atoms with Crippen molar-refractivity contribution in [1.82, 2.24) is 9.97 Å². The van der Waals surface area contributed by atoms with Gasteiger partial charge >= 0.3 is 0 Å². The first-order valence-corrected chi connectivity index (χ1v) is 9.30. The van der Waals surface area contributed by atoms with Crippen molar-refractivity contribution in [3.8, 4) is 6.07 Å². The van der Waals surface area contributed by atoms with E-state index in [4.69, 9.17) is 5.26 Å². The van der Waals surface area contributed by atoms with Crippen molar-refractivity contribution >= 4 is 23.2 Å². The van der Waals surface area contributed by atoms with Crippen molar-refractivity contribution in [2.75, 3.05) is 10.6 Å². The van der Waals surface area contributed by atoms with E-state index in [0.29, 0.717) is 22.9 Å². The second-order valence-electron chi connectivity index (χ2n) is 7.79. The highest BCUT2D eigenvalue weighted by molar-refractivity contribution is 6.03. The fraction of sp³-hybridized carbons (Fsp3) is 0.217. The van der Waals surface area contributed by atoms with Gasteiger partial charge in [0.25, 0.3) is 5.91 Å². The first-order valence-electron chi connectivity index (χ1n) is 9.30. The van der Waals surface area contributed by atoms with Crippen molar-refractivity contribution in [2.45, 2.75) is 33.1 Å². The molecule has 1 amide bonds. The van der Waals surface area contributed by atoms with Crippen LogP contribution in [0.4, 0.5) is 17.3 Å². The number of carbonyl (C=O) groups excluding carboxylic acids is 1. The van der Waals surface area contributed by atoms with Gasteiger partial charge in [-0.1, -0.05) is 45.0 Å². The summed E-state index contributed by atoms with van der Waals surface area (Å²) in [5.41, 5.74) is 3.83. The number of hydrogen-bond acceptors (Lipinski definition) is 5. The van der Waals surface area contributed by atoms with E-state index in [1.54, 1.807) is 31.2 Å². The summed E-state index contributed by atoms with van der Waals surface area (Å²) < 4.78 is 0. The Hall–Kier alpha value is -3.72. The molecule has 0 aliphatic rings. The highest BCUT2D eigenvalue weighted by atomic mass is 16.1. The first kappa shape index (κ1) is 20.0. The van der Waals surface area contributed by atoms with E-state index in [1.807, 2.05) is 30.3 Å². The predicted octanol–water partition coefficient (Wildman–Crippen LogP) is 4.95. The van der Waals surface area contributed by atoms with E-state index >= 15 is 0 Å². The van der Waals surface area contributed by atoms with Crippen LogP contribution in [0.15, 0.2) is 54.6 Å². The monoisotopic (exact) mass is 385 g/mol. The third-order valence-corrected chi connectivity index (χ3v) is 4.32. The molecule has 0 fully saturated rings. The summed E-state index contributed by atoms with van der Waals surface area (Å²) >= 11 is 0. The Balaban J connectivity index is 1.86. The maximum absolute atomic E-state index is 12.9. The van der Waals surface area contributed by atoms with E-state index in [2.05, 4.69) is 47.4 Å². The smallest absolute Gasteiger partial charge is 0.274 e. The molecule has 0 spiro atoms. The highest BCUT2D eigenvalue weighted by Gasteiger charge is 2.20. The largest absolute Gasteiger partial charge is 0.324 e. The number of nitriles is 1. The molecule has 0 atom stereocenters. The van der Waals surface area contributed by atoms with Crippen molar-refractivity contribution in [2.24, 2.45) is 0 Å². The van der Waals surface area contributed by atoms with Gasteiger partial charge in [0.05, 0.1) is 11.6 Å². The average molecular weight is 385 g/mol. The fourth-order valence-electron chi connectivity index (χ4n) is 2.97. The number of rotatable bonds is 4. The predicted molar refractivity (Wildman–Crippen MR) is 114 cm³/mol. The molecule has 0 aliphatic heterocycles. The second kappa shape index (κ2) is 8.11. The average Bonchev–Trinajstić information content (AvgIpc) is 2.67. The Labute approximate surface area is 170 Å². The third kappa shape index (κ3) is 4.96. The molecule has 29 heavy (non-hydrogen) atoms. The molecule has 6 heteroatoms. The van der Waals surface area contributed by atoms with Crippen LogP contribution in [0.1, 0.15) is 48.1 Å².